The van der Waals surface area contributed by atoms with E-state index in [1.54, 1.807) is 0 Å². The Kier molecular flexibility index (Phi) is 24.9. The van der Waals surface area contributed by atoms with Crippen LogP contribution in [0.25, 0.3) is 0 Å². The Bertz CT molecular complexity index is 353. The number of hydrogen-bond donors (Lipinski definition) is 2. The highest BCUT2D eigenvalue weighted by Crippen LogP contribution is 2.19. The van der Waals surface area contributed by atoms with Gasteiger partial charge in [-0.2, -0.15) is 0 Å². The molecule has 3 unspecified atom stereocenters. The maximum Gasteiger partial charge on any atom is 0.641 e. The topological polar surface area (TPSA) is 27.7 Å². The van der Waals surface area contributed by atoms with Gasteiger partial charge in [-0.1, -0.05) is 103 Å². The molecule has 0 N–H and O–H groups in total. The molecule has 0 aromatic carbocycles. The Morgan fingerprint density at radius 1 is 0.581 bits per heavy atom. The lowest BCUT2D eigenvalue weighted by atomic mass is 10.0. The van der Waals surface area contributed by atoms with E-state index < -0.39 is 7.32 Å². The molecule has 186 valence electrons. The number of unbranched alkanes of at least 4 members (excludes halogenated alkanes) is 15. The molecule has 0 aliphatic carbocycles. The first kappa shape index (κ1) is 32.0. The molecule has 0 saturated heterocycles. The molecule has 0 saturated carbocycles. The van der Waals surface area contributed by atoms with Gasteiger partial charge in [-0.05, 0) is 32.9 Å². The molecule has 0 spiro atoms. The Morgan fingerprint density at radius 3 is 1.29 bits per heavy atom. The van der Waals surface area contributed by atoms with Gasteiger partial charge < -0.3 is 14.0 Å². The molecular weight excluding hydrogens is 443 g/mol. The summed E-state index contributed by atoms with van der Waals surface area (Å²) in [5.74, 6) is 1.11. The van der Waals surface area contributed by atoms with Crippen LogP contribution in [0.1, 0.15) is 130 Å². The van der Waals surface area contributed by atoms with Crippen LogP contribution in [0.2, 0.25) is 0 Å². The van der Waals surface area contributed by atoms with Crippen LogP contribution in [0.4, 0.5) is 0 Å². The smallest absolute Gasteiger partial charge is 0.374 e. The number of thiol groups is 2. The van der Waals surface area contributed by atoms with Crippen molar-refractivity contribution < 1.29 is 14.0 Å². The van der Waals surface area contributed by atoms with Crippen LogP contribution in [0, 0.1) is 0 Å². The summed E-state index contributed by atoms with van der Waals surface area (Å²) in [5.41, 5.74) is -0.454. The Balaban J connectivity index is 3.39. The van der Waals surface area contributed by atoms with Crippen molar-refractivity contribution in [3.8, 4) is 0 Å². The van der Waals surface area contributed by atoms with Gasteiger partial charge in [0.05, 0.1) is 16.3 Å². The third-order valence-corrected chi connectivity index (χ3v) is 6.62. The summed E-state index contributed by atoms with van der Waals surface area (Å²) < 4.78 is 16.9. The van der Waals surface area contributed by atoms with E-state index in [4.69, 9.17) is 14.0 Å². The van der Waals surface area contributed by atoms with E-state index in [1.807, 2.05) is 32.5 Å². The number of hydrogen-bond acceptors (Lipinski definition) is 6. The van der Waals surface area contributed by atoms with Crippen LogP contribution < -0.4 is 0 Å². The van der Waals surface area contributed by atoms with E-state index in [2.05, 4.69) is 32.2 Å². The predicted octanol–water partition coefficient (Wildman–Crippen LogP) is 8.91. The largest absolute Gasteiger partial charge is 0.641 e. The van der Waals surface area contributed by atoms with E-state index >= 15 is 0 Å². The molecule has 3 nitrogen and oxygen atoms in total. The molecule has 0 fully saturated rings. The van der Waals surface area contributed by atoms with Crippen molar-refractivity contribution in [3.05, 3.63) is 0 Å². The zero-order chi connectivity index (χ0) is 23.2. The Labute approximate surface area is 210 Å². The van der Waals surface area contributed by atoms with Crippen LogP contribution in [0.3, 0.4) is 0 Å². The van der Waals surface area contributed by atoms with Gasteiger partial charge in [-0.15, -0.1) is 37.0 Å². The molecule has 31 heavy (non-hydrogen) atoms. The lowest BCUT2D eigenvalue weighted by Gasteiger charge is -2.21. The van der Waals surface area contributed by atoms with Crippen molar-refractivity contribution in [1.82, 2.24) is 0 Å². The average molecular weight is 495 g/mol. The molecule has 0 heterocycles. The minimum absolute atomic E-state index is 0.0282. The van der Waals surface area contributed by atoms with Crippen LogP contribution in [0.5, 0.6) is 0 Å². The summed E-state index contributed by atoms with van der Waals surface area (Å²) in [6.07, 6.45) is 22.5. The molecule has 0 amide bonds. The fourth-order valence-corrected chi connectivity index (χ4v) is 4.58. The molecular formula is C24H51BO3S3. The third-order valence-electron chi connectivity index (χ3n) is 5.27. The molecule has 0 aliphatic heterocycles. The summed E-state index contributed by atoms with van der Waals surface area (Å²) in [6.45, 7) is 8.03. The first-order chi connectivity index (χ1) is 15.0. The standard InChI is InChI=1S/C24H51BO3S3/c1-5-6-7-8-9-10-11-12-13-14-15-16-17-18-19-20-21-31-24(4)28-25(26-22(2)29)27-23(3)30/h22-24,29-30H,5-21H2,1-4H3. The zero-order valence-electron chi connectivity index (χ0n) is 20.9. The van der Waals surface area contributed by atoms with Crippen molar-refractivity contribution >= 4 is 44.3 Å². The van der Waals surface area contributed by atoms with Crippen LogP contribution in [-0.2, 0) is 14.0 Å². The summed E-state index contributed by atoms with van der Waals surface area (Å²) in [4.78, 5) is 0. The van der Waals surface area contributed by atoms with E-state index in [0.717, 1.165) is 5.75 Å². The van der Waals surface area contributed by atoms with Crippen molar-refractivity contribution in [2.75, 3.05) is 5.75 Å². The van der Waals surface area contributed by atoms with Crippen molar-refractivity contribution in [1.29, 1.82) is 0 Å². The minimum atomic E-state index is -0.715. The van der Waals surface area contributed by atoms with Gasteiger partial charge >= 0.3 is 7.32 Å². The molecule has 0 aliphatic rings. The fraction of sp³-hybridized carbons (Fsp3) is 1.00. The van der Waals surface area contributed by atoms with E-state index in [-0.39, 0.29) is 16.3 Å². The summed E-state index contributed by atoms with van der Waals surface area (Å²) in [7, 11) is -0.715. The molecule has 0 aromatic rings. The minimum Gasteiger partial charge on any atom is -0.374 e. The summed E-state index contributed by atoms with van der Waals surface area (Å²) >= 11 is 10.3. The van der Waals surface area contributed by atoms with Crippen LogP contribution in [0.15, 0.2) is 0 Å². The second-order valence-electron chi connectivity index (χ2n) is 8.64. The highest BCUT2D eigenvalue weighted by molar-refractivity contribution is 7.99. The van der Waals surface area contributed by atoms with Gasteiger partial charge in [0.15, 0.2) is 0 Å². The Hall–Kier alpha value is 0.995. The third kappa shape index (κ3) is 25.5. The maximum atomic E-state index is 5.82. The van der Waals surface area contributed by atoms with Crippen LogP contribution in [-0.4, -0.2) is 29.4 Å². The van der Waals surface area contributed by atoms with Crippen LogP contribution >= 0.6 is 37.0 Å². The molecule has 0 rings (SSSR count). The van der Waals surface area contributed by atoms with Gasteiger partial charge in [-0.3, -0.25) is 0 Å². The van der Waals surface area contributed by atoms with Gasteiger partial charge in [0, 0.05) is 0 Å². The molecule has 7 heteroatoms. The molecule has 0 radical (unpaired) electrons. The predicted molar refractivity (Wildman–Crippen MR) is 147 cm³/mol. The summed E-state index contributed by atoms with van der Waals surface area (Å²) in [5, 5.41) is 0. The van der Waals surface area contributed by atoms with E-state index in [1.165, 1.54) is 103 Å². The van der Waals surface area contributed by atoms with Gasteiger partial charge in [0.2, 0.25) is 0 Å². The normalized spacial score (nSPS) is 14.5. The number of rotatable bonds is 24. The van der Waals surface area contributed by atoms with Gasteiger partial charge in [-0.25, -0.2) is 0 Å². The lowest BCUT2D eigenvalue weighted by molar-refractivity contribution is 0.0819. The van der Waals surface area contributed by atoms with Crippen molar-refractivity contribution in [2.24, 2.45) is 0 Å². The van der Waals surface area contributed by atoms with Gasteiger partial charge in [0.1, 0.15) is 0 Å². The highest BCUT2D eigenvalue weighted by Gasteiger charge is 2.27. The van der Waals surface area contributed by atoms with Gasteiger partial charge in [0.25, 0.3) is 0 Å². The molecule has 3 atom stereocenters. The number of thioether (sulfide) groups is 1. The Morgan fingerprint density at radius 2 is 0.935 bits per heavy atom. The van der Waals surface area contributed by atoms with E-state index in [0.29, 0.717) is 0 Å². The summed E-state index contributed by atoms with van der Waals surface area (Å²) in [6, 6.07) is 0. The monoisotopic (exact) mass is 494 g/mol. The SMILES string of the molecule is CCCCCCCCCCCCCCCCCCSC(C)OB(OC(C)S)OC(C)S. The van der Waals surface area contributed by atoms with Crippen molar-refractivity contribution in [2.45, 2.75) is 147 Å². The molecule has 0 bridgehead atoms. The second kappa shape index (κ2) is 24.1. The van der Waals surface area contributed by atoms with Crippen molar-refractivity contribution in [3.63, 3.8) is 0 Å². The average Bonchev–Trinajstić information content (AvgIpc) is 2.69. The zero-order valence-corrected chi connectivity index (χ0v) is 23.5. The maximum absolute atomic E-state index is 5.82. The first-order valence-corrected chi connectivity index (χ1v) is 15.0. The second-order valence-corrected chi connectivity index (χ2v) is 11.5. The first-order valence-electron chi connectivity index (χ1n) is 12.9. The fourth-order valence-electron chi connectivity index (χ4n) is 3.51. The quantitative estimate of drug-likeness (QED) is 0.0606. The lowest BCUT2D eigenvalue weighted by Crippen LogP contribution is -2.34. The highest BCUT2D eigenvalue weighted by atomic mass is 32.2. The van der Waals surface area contributed by atoms with E-state index in [9.17, 15) is 0 Å². The molecule has 0 aromatic heterocycles.